The fraction of sp³-hybridized carbons (Fsp3) is 0.333. The van der Waals surface area contributed by atoms with E-state index in [9.17, 15) is 0 Å². The molecule has 0 unspecified atom stereocenters. The molecule has 0 atom stereocenters. The predicted molar refractivity (Wildman–Crippen MR) is 18.3 cm³/mol. The zero-order valence-corrected chi connectivity index (χ0v) is 3.42. The molecule has 0 radical (unpaired) electrons. The Kier molecular flexibility index (Phi) is 3.65. The van der Waals surface area contributed by atoms with Gasteiger partial charge in [-0.2, -0.15) is 10.5 Å². The van der Waals surface area contributed by atoms with Crippen LogP contribution in [0.25, 0.3) is 0 Å². The summed E-state index contributed by atoms with van der Waals surface area (Å²) in [5.74, 6) is 0. The Balaban J connectivity index is 2.77. The average molecular weight is 98.1 g/mol. The maximum Gasteiger partial charge on any atom is 0.289 e. The Morgan fingerprint density at radius 3 is 1.86 bits per heavy atom. The monoisotopic (exact) mass is 98.0 g/mol. The van der Waals surface area contributed by atoms with Crippen LogP contribution in [0.3, 0.4) is 0 Å². The molecule has 0 bridgehead atoms. The fourth-order valence-corrected chi connectivity index (χ4v) is 0.0822. The topological polar surface area (TPSA) is 66.0 Å². The van der Waals surface area contributed by atoms with Crippen LogP contribution in [-0.4, -0.2) is 6.79 Å². The minimum Gasteiger partial charge on any atom is -0.387 e. The van der Waals surface area contributed by atoms with Crippen LogP contribution >= 0.6 is 0 Å². The summed E-state index contributed by atoms with van der Waals surface area (Å²) < 4.78 is 7.87. The van der Waals surface area contributed by atoms with E-state index in [1.54, 1.807) is 0 Å². The molecule has 0 saturated heterocycles. The molecule has 36 valence electrons. The Morgan fingerprint density at radius 2 is 1.57 bits per heavy atom. The zero-order chi connectivity index (χ0) is 5.54. The van der Waals surface area contributed by atoms with Crippen LogP contribution in [0.1, 0.15) is 0 Å². The Labute approximate surface area is 40.5 Å². The lowest BCUT2D eigenvalue weighted by Crippen LogP contribution is -1.86. The van der Waals surface area contributed by atoms with Crippen molar-refractivity contribution in [2.45, 2.75) is 0 Å². The van der Waals surface area contributed by atoms with Gasteiger partial charge >= 0.3 is 0 Å². The van der Waals surface area contributed by atoms with Gasteiger partial charge in [0.1, 0.15) is 0 Å². The molecule has 0 aromatic heterocycles. The number of ether oxygens (including phenoxy) is 2. The van der Waals surface area contributed by atoms with E-state index in [4.69, 9.17) is 10.5 Å². The summed E-state index contributed by atoms with van der Waals surface area (Å²) in [6.45, 7) is -0.285. The fourth-order valence-electron chi connectivity index (χ4n) is 0.0822. The van der Waals surface area contributed by atoms with Gasteiger partial charge in [0.05, 0.1) is 0 Å². The molecule has 0 saturated carbocycles. The van der Waals surface area contributed by atoms with Gasteiger partial charge in [-0.05, 0) is 0 Å². The van der Waals surface area contributed by atoms with Gasteiger partial charge in [-0.25, -0.2) is 0 Å². The summed E-state index contributed by atoms with van der Waals surface area (Å²) in [7, 11) is 0. The second-order valence-electron chi connectivity index (χ2n) is 0.589. The molecular formula is C3H2N2O2. The van der Waals surface area contributed by atoms with Crippen LogP contribution in [0.5, 0.6) is 0 Å². The standard InChI is InChI=1S/C3H2N2O2/c4-1-6-3-7-2-5/h3H2. The van der Waals surface area contributed by atoms with Crippen molar-refractivity contribution in [1.29, 1.82) is 10.5 Å². The van der Waals surface area contributed by atoms with Gasteiger partial charge < -0.3 is 9.47 Å². The molecule has 0 heterocycles. The molecule has 4 nitrogen and oxygen atoms in total. The highest BCUT2D eigenvalue weighted by Crippen LogP contribution is 1.68. The molecule has 0 aliphatic carbocycles. The van der Waals surface area contributed by atoms with Crippen LogP contribution < -0.4 is 0 Å². The third kappa shape index (κ3) is 4.58. The van der Waals surface area contributed by atoms with Crippen LogP contribution in [0, 0.1) is 23.0 Å². The van der Waals surface area contributed by atoms with Crippen molar-refractivity contribution in [3.05, 3.63) is 0 Å². The Bertz CT molecular complexity index is 95.1. The van der Waals surface area contributed by atoms with Gasteiger partial charge in [0.15, 0.2) is 0 Å². The molecule has 0 amide bonds. The lowest BCUT2D eigenvalue weighted by atomic mass is 11.3. The molecule has 0 spiro atoms. The number of hydrogen-bond acceptors (Lipinski definition) is 4. The van der Waals surface area contributed by atoms with E-state index in [0.717, 1.165) is 0 Å². The van der Waals surface area contributed by atoms with Gasteiger partial charge in [-0.15, -0.1) is 0 Å². The second-order valence-corrected chi connectivity index (χ2v) is 0.589. The van der Waals surface area contributed by atoms with Gasteiger partial charge in [0.2, 0.25) is 0 Å². The maximum absolute atomic E-state index is 7.63. The Morgan fingerprint density at radius 1 is 1.14 bits per heavy atom. The molecule has 0 aliphatic rings. The molecule has 0 aromatic rings. The second kappa shape index (κ2) is 4.58. The van der Waals surface area contributed by atoms with Gasteiger partial charge in [-0.1, -0.05) is 0 Å². The highest BCUT2D eigenvalue weighted by molar-refractivity contribution is 4.47. The average Bonchev–Trinajstić information content (AvgIpc) is 1.69. The van der Waals surface area contributed by atoms with Crippen molar-refractivity contribution >= 4 is 0 Å². The number of rotatable bonds is 2. The summed E-state index contributed by atoms with van der Waals surface area (Å²) in [4.78, 5) is 0. The third-order valence-corrected chi connectivity index (χ3v) is 0.247. The first-order valence-electron chi connectivity index (χ1n) is 1.43. The van der Waals surface area contributed by atoms with Crippen LogP contribution in [-0.2, 0) is 9.47 Å². The summed E-state index contributed by atoms with van der Waals surface area (Å²) in [6.07, 6.45) is 2.65. The first-order valence-corrected chi connectivity index (χ1v) is 1.43. The molecule has 0 aliphatic heterocycles. The minimum atomic E-state index is -0.285. The first-order chi connectivity index (χ1) is 3.41. The normalized spacial score (nSPS) is 5.43. The third-order valence-electron chi connectivity index (χ3n) is 0.247. The van der Waals surface area contributed by atoms with Gasteiger partial charge in [-0.3, -0.25) is 0 Å². The lowest BCUT2D eigenvalue weighted by Gasteiger charge is -1.85. The Hall–Kier alpha value is -1.42. The first kappa shape index (κ1) is 5.58. The van der Waals surface area contributed by atoms with E-state index in [2.05, 4.69) is 9.47 Å². The highest BCUT2D eigenvalue weighted by atomic mass is 16.7. The number of nitriles is 2. The smallest absolute Gasteiger partial charge is 0.289 e. The summed E-state index contributed by atoms with van der Waals surface area (Å²) in [5, 5.41) is 15.3. The van der Waals surface area contributed by atoms with Crippen molar-refractivity contribution in [3.63, 3.8) is 0 Å². The van der Waals surface area contributed by atoms with E-state index < -0.39 is 0 Å². The molecule has 0 aromatic carbocycles. The van der Waals surface area contributed by atoms with E-state index in [-0.39, 0.29) is 6.79 Å². The van der Waals surface area contributed by atoms with Crippen LogP contribution in [0.15, 0.2) is 0 Å². The largest absolute Gasteiger partial charge is 0.387 e. The van der Waals surface area contributed by atoms with E-state index in [1.807, 2.05) is 0 Å². The van der Waals surface area contributed by atoms with Gasteiger partial charge in [0, 0.05) is 0 Å². The highest BCUT2D eigenvalue weighted by Gasteiger charge is 1.74. The van der Waals surface area contributed by atoms with Crippen LogP contribution in [0.4, 0.5) is 0 Å². The number of hydrogen-bond donors (Lipinski definition) is 0. The summed E-state index contributed by atoms with van der Waals surface area (Å²) in [6, 6.07) is 0. The molecule has 7 heavy (non-hydrogen) atoms. The van der Waals surface area contributed by atoms with Crippen molar-refractivity contribution in [2.24, 2.45) is 0 Å². The van der Waals surface area contributed by atoms with Crippen molar-refractivity contribution < 1.29 is 9.47 Å². The lowest BCUT2D eigenvalue weighted by molar-refractivity contribution is 0.0657. The van der Waals surface area contributed by atoms with Crippen LogP contribution in [0.2, 0.25) is 0 Å². The van der Waals surface area contributed by atoms with E-state index in [0.29, 0.717) is 0 Å². The SMILES string of the molecule is N#COCOC#N. The predicted octanol–water partition coefficient (Wildman–Crippen LogP) is -0.0607. The van der Waals surface area contributed by atoms with Crippen molar-refractivity contribution in [1.82, 2.24) is 0 Å². The number of nitrogens with zero attached hydrogens (tertiary/aromatic N) is 2. The maximum atomic E-state index is 7.63. The zero-order valence-electron chi connectivity index (χ0n) is 3.42. The molecule has 4 heteroatoms. The molecule has 0 rings (SSSR count). The molecule has 0 fully saturated rings. The minimum absolute atomic E-state index is 0.285. The summed E-state index contributed by atoms with van der Waals surface area (Å²) >= 11 is 0. The van der Waals surface area contributed by atoms with Crippen molar-refractivity contribution in [2.75, 3.05) is 6.79 Å². The van der Waals surface area contributed by atoms with Crippen molar-refractivity contribution in [3.8, 4) is 12.5 Å². The summed E-state index contributed by atoms with van der Waals surface area (Å²) in [5.41, 5.74) is 0. The quantitative estimate of drug-likeness (QED) is 0.275. The van der Waals surface area contributed by atoms with Gasteiger partial charge in [0.25, 0.3) is 19.3 Å². The molecule has 0 N–H and O–H groups in total. The van der Waals surface area contributed by atoms with E-state index in [1.165, 1.54) is 12.5 Å². The van der Waals surface area contributed by atoms with E-state index >= 15 is 0 Å². The molecular weight excluding hydrogens is 96.0 g/mol.